The van der Waals surface area contributed by atoms with Crippen LogP contribution in [0.3, 0.4) is 0 Å². The molecule has 0 saturated carbocycles. The van der Waals surface area contributed by atoms with Crippen molar-refractivity contribution in [3.05, 3.63) is 144 Å². The molecule has 3 aromatic carbocycles. The summed E-state index contributed by atoms with van der Waals surface area (Å²) in [5.41, 5.74) is 4.23. The summed E-state index contributed by atoms with van der Waals surface area (Å²) in [5.74, 6) is 0.331. The number of furan rings is 1. The van der Waals surface area contributed by atoms with E-state index in [1.165, 1.54) is 18.4 Å². The van der Waals surface area contributed by atoms with Crippen LogP contribution in [0.2, 0.25) is 0 Å². The molecule has 6 rings (SSSR count). The van der Waals surface area contributed by atoms with Crippen molar-refractivity contribution < 1.29 is 23.5 Å². The van der Waals surface area contributed by atoms with Crippen LogP contribution in [0.4, 0.5) is 0 Å². The number of aromatic nitrogens is 1. The first-order valence-corrected chi connectivity index (χ1v) is 15.8. The monoisotopic (exact) mass is 632 g/mol. The minimum Gasteiger partial charge on any atom is -0.465 e. The van der Waals surface area contributed by atoms with Gasteiger partial charge in [-0.05, 0) is 48.2 Å². The number of fused-ring (bicyclic) bond motifs is 1. The molecule has 0 saturated heterocycles. The first-order chi connectivity index (χ1) is 22.3. The normalized spacial score (nSPS) is 14.6. The number of hydrogen-bond acceptors (Lipinski definition) is 8. The Bertz CT molecular complexity index is 2140. The Hall–Kier alpha value is -5.28. The van der Waals surface area contributed by atoms with Crippen LogP contribution >= 0.6 is 11.3 Å². The van der Waals surface area contributed by atoms with Gasteiger partial charge in [0.15, 0.2) is 4.80 Å². The van der Waals surface area contributed by atoms with Crippen LogP contribution in [0.1, 0.15) is 65.5 Å². The zero-order chi connectivity index (χ0) is 32.4. The van der Waals surface area contributed by atoms with E-state index in [0.29, 0.717) is 49.2 Å². The van der Waals surface area contributed by atoms with E-state index in [2.05, 4.69) is 13.8 Å². The van der Waals surface area contributed by atoms with Crippen LogP contribution < -0.4 is 14.9 Å². The molecule has 0 radical (unpaired) electrons. The van der Waals surface area contributed by atoms with E-state index >= 15 is 0 Å². The third-order valence-electron chi connectivity index (χ3n) is 7.76. The van der Waals surface area contributed by atoms with Gasteiger partial charge in [-0.1, -0.05) is 91.9 Å². The lowest BCUT2D eigenvalue weighted by molar-refractivity contribution is -0.138. The maximum absolute atomic E-state index is 14.2. The summed E-state index contributed by atoms with van der Waals surface area (Å²) in [6.07, 6.45) is 1.67. The van der Waals surface area contributed by atoms with Gasteiger partial charge in [0.05, 0.1) is 41.1 Å². The fourth-order valence-corrected chi connectivity index (χ4v) is 6.43. The molecule has 0 aliphatic carbocycles. The molecule has 0 spiro atoms. The van der Waals surface area contributed by atoms with Crippen LogP contribution in [-0.4, -0.2) is 30.2 Å². The molecule has 8 nitrogen and oxygen atoms in total. The maximum Gasteiger partial charge on any atom is 0.338 e. The van der Waals surface area contributed by atoms with Crippen molar-refractivity contribution in [1.29, 1.82) is 0 Å². The number of rotatable bonds is 8. The summed E-state index contributed by atoms with van der Waals surface area (Å²) >= 11 is 1.22. The maximum atomic E-state index is 14.2. The van der Waals surface area contributed by atoms with Crippen LogP contribution in [0, 0.1) is 0 Å². The highest BCUT2D eigenvalue weighted by Gasteiger charge is 2.35. The van der Waals surface area contributed by atoms with E-state index < -0.39 is 18.0 Å². The second kappa shape index (κ2) is 13.0. The Kier molecular flexibility index (Phi) is 8.68. The third kappa shape index (κ3) is 5.89. The largest absolute Gasteiger partial charge is 0.465 e. The summed E-state index contributed by atoms with van der Waals surface area (Å²) in [4.78, 5) is 45.3. The highest BCUT2D eigenvalue weighted by Crippen LogP contribution is 2.35. The number of carbonyl (C=O) groups is 2. The van der Waals surface area contributed by atoms with Gasteiger partial charge in [0.25, 0.3) is 5.56 Å². The van der Waals surface area contributed by atoms with Crippen molar-refractivity contribution in [1.82, 2.24) is 4.57 Å². The summed E-state index contributed by atoms with van der Waals surface area (Å²) in [6.45, 7) is 6.17. The number of nitrogens with zero attached hydrogens (tertiary/aromatic N) is 2. The third-order valence-corrected chi connectivity index (χ3v) is 8.74. The molecule has 0 N–H and O–H groups in total. The van der Waals surface area contributed by atoms with Crippen molar-refractivity contribution >= 4 is 35.0 Å². The molecule has 2 aromatic heterocycles. The van der Waals surface area contributed by atoms with Gasteiger partial charge in [0, 0.05) is 17.2 Å². The lowest BCUT2D eigenvalue weighted by Gasteiger charge is -2.26. The standard InChI is InChI=1S/C37H32N2O6S/c1-5-44-36(42)31-32(24-10-7-6-8-11-24)38-37-39(33(31)25-16-14-23(15-17-25)22(2)3)34(40)30(46-37)21-28-18-19-29(45-28)26-12-9-13-27(20-26)35(41)43-4/h6-22,33H,5H2,1-4H3/b30-21-. The molecule has 5 aromatic rings. The zero-order valence-corrected chi connectivity index (χ0v) is 26.7. The van der Waals surface area contributed by atoms with E-state index in [-0.39, 0.29) is 12.2 Å². The molecule has 0 bridgehead atoms. The zero-order valence-electron chi connectivity index (χ0n) is 25.9. The number of ether oxygens (including phenoxy) is 2. The van der Waals surface area contributed by atoms with E-state index in [0.717, 1.165) is 16.7 Å². The number of esters is 2. The SMILES string of the molecule is CCOC(=O)C1=C(c2ccccc2)N=c2s/c(=C\c3ccc(-c4cccc(C(=O)OC)c4)o3)c(=O)n2C1c1ccc(C(C)C)cc1. The Morgan fingerprint density at radius 2 is 1.70 bits per heavy atom. The average molecular weight is 633 g/mol. The van der Waals surface area contributed by atoms with Crippen molar-refractivity contribution in [2.75, 3.05) is 13.7 Å². The van der Waals surface area contributed by atoms with Crippen molar-refractivity contribution in [3.63, 3.8) is 0 Å². The van der Waals surface area contributed by atoms with Crippen LogP contribution in [0.25, 0.3) is 23.1 Å². The topological polar surface area (TPSA) is 100 Å². The molecule has 46 heavy (non-hydrogen) atoms. The molecule has 1 aliphatic heterocycles. The van der Waals surface area contributed by atoms with Crippen molar-refractivity contribution in [2.24, 2.45) is 4.99 Å². The van der Waals surface area contributed by atoms with Crippen LogP contribution in [-0.2, 0) is 14.3 Å². The van der Waals surface area contributed by atoms with Gasteiger partial charge in [0.2, 0.25) is 0 Å². The number of methoxy groups -OCH3 is 1. The first kappa shape index (κ1) is 30.7. The van der Waals surface area contributed by atoms with Crippen LogP contribution in [0.5, 0.6) is 0 Å². The second-order valence-electron chi connectivity index (χ2n) is 11.0. The lowest BCUT2D eigenvalue weighted by Crippen LogP contribution is -2.40. The number of thiazole rings is 1. The number of carbonyl (C=O) groups excluding carboxylic acids is 2. The molecule has 9 heteroatoms. The minimum atomic E-state index is -0.762. The second-order valence-corrected chi connectivity index (χ2v) is 12.0. The molecule has 0 fully saturated rings. The lowest BCUT2D eigenvalue weighted by atomic mass is 9.91. The van der Waals surface area contributed by atoms with E-state index in [1.54, 1.807) is 47.9 Å². The Balaban J connectivity index is 1.52. The van der Waals surface area contributed by atoms with Gasteiger partial charge in [-0.25, -0.2) is 14.6 Å². The predicted molar refractivity (Wildman–Crippen MR) is 177 cm³/mol. The smallest absolute Gasteiger partial charge is 0.338 e. The Morgan fingerprint density at radius 1 is 0.957 bits per heavy atom. The van der Waals surface area contributed by atoms with Gasteiger partial charge in [0.1, 0.15) is 11.5 Å². The molecule has 0 amide bonds. The first-order valence-electron chi connectivity index (χ1n) is 15.0. The van der Waals surface area contributed by atoms with Gasteiger partial charge in [-0.15, -0.1) is 0 Å². The fraction of sp³-hybridized carbons (Fsp3) is 0.189. The summed E-state index contributed by atoms with van der Waals surface area (Å²) < 4.78 is 18.5. The van der Waals surface area contributed by atoms with Gasteiger partial charge in [-0.2, -0.15) is 0 Å². The Morgan fingerprint density at radius 3 is 2.39 bits per heavy atom. The summed E-state index contributed by atoms with van der Waals surface area (Å²) in [7, 11) is 1.33. The predicted octanol–water partition coefficient (Wildman–Crippen LogP) is 6.11. The molecule has 232 valence electrons. The number of benzene rings is 3. The summed E-state index contributed by atoms with van der Waals surface area (Å²) in [6, 6.07) is 27.2. The van der Waals surface area contributed by atoms with Crippen molar-refractivity contribution in [3.8, 4) is 11.3 Å². The highest BCUT2D eigenvalue weighted by atomic mass is 32.1. The summed E-state index contributed by atoms with van der Waals surface area (Å²) in [5, 5.41) is 0. The molecular formula is C37H32N2O6S. The average Bonchev–Trinajstić information content (AvgIpc) is 3.68. The molecule has 1 unspecified atom stereocenters. The molecular weight excluding hydrogens is 600 g/mol. The van der Waals surface area contributed by atoms with E-state index in [4.69, 9.17) is 18.9 Å². The van der Waals surface area contributed by atoms with Gasteiger partial charge < -0.3 is 13.9 Å². The molecule has 1 aliphatic rings. The minimum absolute atomic E-state index is 0.178. The van der Waals surface area contributed by atoms with E-state index in [9.17, 15) is 14.4 Å². The highest BCUT2D eigenvalue weighted by molar-refractivity contribution is 7.07. The quantitative estimate of drug-likeness (QED) is 0.192. The molecule has 1 atom stereocenters. The van der Waals surface area contributed by atoms with Gasteiger partial charge >= 0.3 is 11.9 Å². The van der Waals surface area contributed by atoms with Crippen molar-refractivity contribution in [2.45, 2.75) is 32.7 Å². The fourth-order valence-electron chi connectivity index (χ4n) is 5.45. The van der Waals surface area contributed by atoms with E-state index in [1.807, 2.05) is 60.7 Å². The van der Waals surface area contributed by atoms with Crippen LogP contribution in [0.15, 0.2) is 111 Å². The molecule has 3 heterocycles. The van der Waals surface area contributed by atoms with Gasteiger partial charge in [-0.3, -0.25) is 9.36 Å². The number of hydrogen-bond donors (Lipinski definition) is 0. The Labute approximate surface area is 269 Å².